The zero-order valence-electron chi connectivity index (χ0n) is 8.61. The third-order valence-corrected chi connectivity index (χ3v) is 1.88. The lowest BCUT2D eigenvalue weighted by Crippen LogP contribution is -2.29. The Hall–Kier alpha value is -1.14. The number of nitrogens with two attached hydrogens (primary N) is 1. The van der Waals surface area contributed by atoms with E-state index in [1.807, 2.05) is 0 Å². The van der Waals surface area contributed by atoms with Gasteiger partial charge in [0.15, 0.2) is 6.10 Å². The van der Waals surface area contributed by atoms with Crippen LogP contribution in [0.1, 0.15) is 25.7 Å². The minimum Gasteiger partial charge on any atom is -0.479 e. The molecule has 0 rings (SSSR count). The van der Waals surface area contributed by atoms with Gasteiger partial charge in [-0.1, -0.05) is 0 Å². The molecule has 6 nitrogen and oxygen atoms in total. The molecule has 0 saturated heterocycles. The van der Waals surface area contributed by atoms with Crippen molar-refractivity contribution in [2.75, 3.05) is 13.1 Å². The fourth-order valence-electron chi connectivity index (χ4n) is 0.990. The minimum absolute atomic E-state index is 0.0258. The monoisotopic (exact) mass is 218 g/mol. The molecule has 0 radical (unpaired) electrons. The molecular weight excluding hydrogens is 200 g/mol. The molecule has 0 saturated carbocycles. The number of nitrogens with one attached hydrogen (secondary N) is 1. The molecule has 5 N–H and O–H groups in total. The smallest absolute Gasteiger partial charge is 0.332 e. The number of aliphatic hydroxyl groups excluding tert-OH is 1. The van der Waals surface area contributed by atoms with E-state index in [2.05, 4.69) is 5.32 Å². The lowest BCUT2D eigenvalue weighted by atomic mass is 10.2. The largest absolute Gasteiger partial charge is 0.479 e. The predicted molar refractivity (Wildman–Crippen MR) is 54.2 cm³/mol. The van der Waals surface area contributed by atoms with Gasteiger partial charge in [-0.05, 0) is 19.4 Å². The van der Waals surface area contributed by atoms with Gasteiger partial charge in [-0.3, -0.25) is 4.79 Å². The Labute approximate surface area is 88.5 Å². The van der Waals surface area contributed by atoms with Crippen LogP contribution in [0.2, 0.25) is 0 Å². The molecule has 1 atom stereocenters. The number of carboxylic acid groups (broad SMARTS) is 1. The number of carbonyl (C=O) groups is 2. The van der Waals surface area contributed by atoms with Crippen LogP contribution in [-0.2, 0) is 9.59 Å². The highest BCUT2D eigenvalue weighted by Crippen LogP contribution is 1.94. The molecule has 15 heavy (non-hydrogen) atoms. The number of carboxylic acids is 1. The maximum atomic E-state index is 11.1. The standard InChI is InChI=1S/C9H18N2O4/c10-5-2-1-3-8(13)11-6-4-7(12)9(14)15/h7,12H,1-6,10H2,(H,11,13)(H,14,15)/t7-/m0/s1. The number of hydrogen-bond acceptors (Lipinski definition) is 4. The summed E-state index contributed by atoms with van der Waals surface area (Å²) in [7, 11) is 0. The first-order valence-corrected chi connectivity index (χ1v) is 4.95. The van der Waals surface area contributed by atoms with Gasteiger partial charge >= 0.3 is 5.97 Å². The van der Waals surface area contributed by atoms with Gasteiger partial charge < -0.3 is 21.3 Å². The number of carbonyl (C=O) groups excluding carboxylic acids is 1. The summed E-state index contributed by atoms with van der Waals surface area (Å²) in [6, 6.07) is 0. The molecule has 0 aromatic carbocycles. The number of hydrogen-bond donors (Lipinski definition) is 4. The van der Waals surface area contributed by atoms with Crippen LogP contribution >= 0.6 is 0 Å². The molecule has 0 fully saturated rings. The van der Waals surface area contributed by atoms with Crippen LogP contribution in [0.3, 0.4) is 0 Å². The molecule has 0 aromatic rings. The van der Waals surface area contributed by atoms with Gasteiger partial charge in [0.2, 0.25) is 5.91 Å². The van der Waals surface area contributed by atoms with Gasteiger partial charge in [0, 0.05) is 19.4 Å². The molecule has 88 valence electrons. The van der Waals surface area contributed by atoms with Crippen LogP contribution in [0.15, 0.2) is 0 Å². The average molecular weight is 218 g/mol. The second-order valence-corrected chi connectivity index (χ2v) is 3.24. The normalized spacial score (nSPS) is 12.1. The summed E-state index contributed by atoms with van der Waals surface area (Å²) in [5.74, 6) is -1.41. The van der Waals surface area contributed by atoms with E-state index in [1.54, 1.807) is 0 Å². The van der Waals surface area contributed by atoms with E-state index in [1.165, 1.54) is 0 Å². The van der Waals surface area contributed by atoms with Crippen molar-refractivity contribution in [2.24, 2.45) is 5.73 Å². The molecule has 0 heterocycles. The fraction of sp³-hybridized carbons (Fsp3) is 0.778. The lowest BCUT2D eigenvalue weighted by Gasteiger charge is -2.06. The zero-order chi connectivity index (χ0) is 11.7. The summed E-state index contributed by atoms with van der Waals surface area (Å²) in [6.07, 6.45) is 0.530. The van der Waals surface area contributed by atoms with Crippen LogP contribution in [0.5, 0.6) is 0 Å². The van der Waals surface area contributed by atoms with Gasteiger partial charge in [-0.2, -0.15) is 0 Å². The number of amides is 1. The topological polar surface area (TPSA) is 113 Å². The van der Waals surface area contributed by atoms with Crippen LogP contribution in [0.25, 0.3) is 0 Å². The average Bonchev–Trinajstić information content (AvgIpc) is 2.18. The first-order chi connectivity index (χ1) is 7.07. The highest BCUT2D eigenvalue weighted by molar-refractivity contribution is 5.76. The van der Waals surface area contributed by atoms with Crippen molar-refractivity contribution < 1.29 is 19.8 Å². The molecule has 6 heteroatoms. The molecule has 0 aliphatic carbocycles. The van der Waals surface area contributed by atoms with E-state index in [0.29, 0.717) is 13.0 Å². The Balaban J connectivity index is 3.42. The van der Waals surface area contributed by atoms with E-state index < -0.39 is 12.1 Å². The Morgan fingerprint density at radius 1 is 1.33 bits per heavy atom. The summed E-state index contributed by atoms with van der Waals surface area (Å²) in [4.78, 5) is 21.3. The highest BCUT2D eigenvalue weighted by atomic mass is 16.4. The molecule has 0 bridgehead atoms. The van der Waals surface area contributed by atoms with Crippen molar-refractivity contribution in [1.29, 1.82) is 0 Å². The summed E-state index contributed by atoms with van der Waals surface area (Å²) in [6.45, 7) is 0.736. The van der Waals surface area contributed by atoms with Crippen molar-refractivity contribution in [3.8, 4) is 0 Å². The molecule has 0 spiro atoms. The van der Waals surface area contributed by atoms with Crippen molar-refractivity contribution in [3.63, 3.8) is 0 Å². The maximum absolute atomic E-state index is 11.1. The molecule has 0 aromatic heterocycles. The van der Waals surface area contributed by atoms with E-state index in [0.717, 1.165) is 12.8 Å². The minimum atomic E-state index is -1.41. The summed E-state index contributed by atoms with van der Waals surface area (Å²) < 4.78 is 0. The summed E-state index contributed by atoms with van der Waals surface area (Å²) in [5, 5.41) is 19.8. The molecule has 1 amide bonds. The van der Waals surface area contributed by atoms with Crippen molar-refractivity contribution in [2.45, 2.75) is 31.8 Å². The van der Waals surface area contributed by atoms with E-state index >= 15 is 0 Å². The molecule has 0 aliphatic rings. The van der Waals surface area contributed by atoms with Gasteiger partial charge in [0.25, 0.3) is 0 Å². The Morgan fingerprint density at radius 3 is 2.53 bits per heavy atom. The first-order valence-electron chi connectivity index (χ1n) is 4.95. The summed E-state index contributed by atoms with van der Waals surface area (Å²) >= 11 is 0. The van der Waals surface area contributed by atoms with Gasteiger partial charge in [-0.15, -0.1) is 0 Å². The Morgan fingerprint density at radius 2 is 2.00 bits per heavy atom. The van der Waals surface area contributed by atoms with Crippen molar-refractivity contribution in [1.82, 2.24) is 5.32 Å². The highest BCUT2D eigenvalue weighted by Gasteiger charge is 2.12. The predicted octanol–water partition coefficient (Wildman–Crippen LogP) is -0.933. The number of aliphatic hydroxyl groups is 1. The van der Waals surface area contributed by atoms with Crippen LogP contribution < -0.4 is 11.1 Å². The van der Waals surface area contributed by atoms with Gasteiger partial charge in [0.1, 0.15) is 0 Å². The first kappa shape index (κ1) is 13.9. The lowest BCUT2D eigenvalue weighted by molar-refractivity contribution is -0.147. The van der Waals surface area contributed by atoms with Crippen molar-refractivity contribution in [3.05, 3.63) is 0 Å². The summed E-state index contributed by atoms with van der Waals surface area (Å²) in [5.41, 5.74) is 5.26. The third kappa shape index (κ3) is 7.90. The van der Waals surface area contributed by atoms with Crippen LogP contribution in [-0.4, -0.2) is 41.3 Å². The number of rotatable bonds is 8. The van der Waals surface area contributed by atoms with E-state index in [-0.39, 0.29) is 18.9 Å². The van der Waals surface area contributed by atoms with E-state index in [9.17, 15) is 9.59 Å². The SMILES string of the molecule is NCCCCC(=O)NCC[C@H](O)C(=O)O. The third-order valence-electron chi connectivity index (χ3n) is 1.88. The van der Waals surface area contributed by atoms with Crippen LogP contribution in [0.4, 0.5) is 0 Å². The van der Waals surface area contributed by atoms with Gasteiger partial charge in [0.05, 0.1) is 0 Å². The molecular formula is C9H18N2O4. The second-order valence-electron chi connectivity index (χ2n) is 3.24. The van der Waals surface area contributed by atoms with Crippen LogP contribution in [0, 0.1) is 0 Å². The molecule has 0 aliphatic heterocycles. The maximum Gasteiger partial charge on any atom is 0.332 e. The van der Waals surface area contributed by atoms with Gasteiger partial charge in [-0.25, -0.2) is 4.79 Å². The zero-order valence-corrected chi connectivity index (χ0v) is 8.61. The Bertz CT molecular complexity index is 208. The number of unbranched alkanes of at least 4 members (excludes halogenated alkanes) is 1. The molecule has 0 unspecified atom stereocenters. The second kappa shape index (κ2) is 8.19. The Kier molecular flexibility index (Phi) is 7.57. The quantitative estimate of drug-likeness (QED) is 0.393. The van der Waals surface area contributed by atoms with Crippen molar-refractivity contribution >= 4 is 11.9 Å². The number of aliphatic carboxylic acids is 1. The van der Waals surface area contributed by atoms with E-state index in [4.69, 9.17) is 15.9 Å². The fourth-order valence-corrected chi connectivity index (χ4v) is 0.990.